The van der Waals surface area contributed by atoms with Crippen molar-refractivity contribution in [3.8, 4) is 0 Å². The van der Waals surface area contributed by atoms with Gasteiger partial charge in [0.15, 0.2) is 5.78 Å². The number of fused-ring (bicyclic) bond motifs is 4. The molecule has 0 amide bonds. The SMILES string of the molecule is CC1=C(CCC(C)C)OC[C@]23CC[C@H]4[C@@H](CCC5=CC(=O)C=C[C@]54C)[C@@H]2CC[C@H]13. The zero-order valence-corrected chi connectivity index (χ0v) is 18.8. The highest BCUT2D eigenvalue weighted by molar-refractivity contribution is 6.01. The summed E-state index contributed by atoms with van der Waals surface area (Å²) in [6.07, 6.45) is 16.1. The number of hydrogen-bond acceptors (Lipinski definition) is 2. The molecule has 5 aliphatic rings. The van der Waals surface area contributed by atoms with Crippen molar-refractivity contribution in [2.24, 2.45) is 40.4 Å². The number of ketones is 1. The Balaban J connectivity index is 1.42. The van der Waals surface area contributed by atoms with Crippen LogP contribution in [0.2, 0.25) is 0 Å². The Hall–Kier alpha value is -1.31. The third kappa shape index (κ3) is 2.84. The molecule has 0 aromatic carbocycles. The third-order valence-electron chi connectivity index (χ3n) is 9.70. The van der Waals surface area contributed by atoms with Gasteiger partial charge < -0.3 is 4.74 Å². The Morgan fingerprint density at radius 2 is 2.00 bits per heavy atom. The molecule has 0 radical (unpaired) electrons. The molecule has 0 unspecified atom stereocenters. The fourth-order valence-electron chi connectivity index (χ4n) is 8.15. The molecule has 29 heavy (non-hydrogen) atoms. The van der Waals surface area contributed by atoms with Crippen LogP contribution in [0, 0.1) is 40.4 Å². The van der Waals surface area contributed by atoms with Gasteiger partial charge in [-0.15, -0.1) is 0 Å². The van der Waals surface area contributed by atoms with Crippen molar-refractivity contribution in [3.05, 3.63) is 35.1 Å². The molecule has 2 nitrogen and oxygen atoms in total. The second kappa shape index (κ2) is 6.86. The predicted octanol–water partition coefficient (Wildman–Crippen LogP) is 6.63. The van der Waals surface area contributed by atoms with Gasteiger partial charge in [0.1, 0.15) is 0 Å². The summed E-state index contributed by atoms with van der Waals surface area (Å²) < 4.78 is 6.55. The number of ether oxygens (including phenoxy) is 1. The number of rotatable bonds is 3. The largest absolute Gasteiger partial charge is 0.497 e. The van der Waals surface area contributed by atoms with Gasteiger partial charge in [-0.2, -0.15) is 0 Å². The van der Waals surface area contributed by atoms with E-state index in [0.717, 1.165) is 43.1 Å². The smallest absolute Gasteiger partial charge is 0.178 e. The van der Waals surface area contributed by atoms with Gasteiger partial charge >= 0.3 is 0 Å². The average molecular weight is 395 g/mol. The van der Waals surface area contributed by atoms with Gasteiger partial charge in [0.2, 0.25) is 0 Å². The molecule has 1 heterocycles. The Kier molecular flexibility index (Phi) is 4.64. The molecule has 1 aliphatic heterocycles. The zero-order valence-electron chi connectivity index (χ0n) is 18.8. The van der Waals surface area contributed by atoms with Crippen LogP contribution in [0.5, 0.6) is 0 Å². The number of carbonyl (C=O) groups is 1. The molecule has 1 spiro atoms. The van der Waals surface area contributed by atoms with E-state index >= 15 is 0 Å². The fraction of sp³-hybridized carbons (Fsp3) is 0.741. The summed E-state index contributed by atoms with van der Waals surface area (Å²) in [6.45, 7) is 10.4. The second-order valence-corrected chi connectivity index (χ2v) is 11.3. The van der Waals surface area contributed by atoms with Crippen LogP contribution >= 0.6 is 0 Å². The first-order chi connectivity index (χ1) is 13.8. The van der Waals surface area contributed by atoms with E-state index in [1.807, 2.05) is 12.2 Å². The molecule has 0 N–H and O–H groups in total. The first-order valence-electron chi connectivity index (χ1n) is 12.1. The lowest BCUT2D eigenvalue weighted by atomic mass is 9.47. The molecule has 0 aromatic heterocycles. The van der Waals surface area contributed by atoms with Crippen LogP contribution in [-0.2, 0) is 9.53 Å². The van der Waals surface area contributed by atoms with Crippen molar-refractivity contribution in [3.63, 3.8) is 0 Å². The Morgan fingerprint density at radius 1 is 1.17 bits per heavy atom. The van der Waals surface area contributed by atoms with Crippen LogP contribution < -0.4 is 0 Å². The van der Waals surface area contributed by atoms with Crippen molar-refractivity contribution in [2.75, 3.05) is 6.61 Å². The van der Waals surface area contributed by atoms with Crippen molar-refractivity contribution in [2.45, 2.75) is 79.1 Å². The maximum absolute atomic E-state index is 12.0. The van der Waals surface area contributed by atoms with Gasteiger partial charge in [-0.3, -0.25) is 4.79 Å². The fourth-order valence-corrected chi connectivity index (χ4v) is 8.15. The minimum Gasteiger partial charge on any atom is -0.497 e. The summed E-state index contributed by atoms with van der Waals surface area (Å²) in [6, 6.07) is 0. The van der Waals surface area contributed by atoms with E-state index in [2.05, 4.69) is 33.8 Å². The number of allylic oxidation sites excluding steroid dienone is 6. The lowest BCUT2D eigenvalue weighted by Gasteiger charge is -2.58. The molecule has 5 rings (SSSR count). The van der Waals surface area contributed by atoms with E-state index in [1.165, 1.54) is 49.9 Å². The number of carbonyl (C=O) groups excluding carboxylic acids is 1. The summed E-state index contributed by atoms with van der Waals surface area (Å²) in [5.74, 6) is 5.30. The van der Waals surface area contributed by atoms with Crippen molar-refractivity contribution in [1.29, 1.82) is 0 Å². The standard InChI is InChI=1S/C27H38O2/c1-17(2)5-10-25-18(3)22-8-9-24-21-7-6-19-15-20(28)11-13-26(19,4)23(21)12-14-27(22,24)16-29-25/h11,13,15,17,21-24H,5-10,12,14,16H2,1-4H3/t21-,22-,23+,24+,26-,27+/m1/s1. The van der Waals surface area contributed by atoms with Crippen molar-refractivity contribution < 1.29 is 9.53 Å². The lowest BCUT2D eigenvalue weighted by molar-refractivity contribution is -0.111. The van der Waals surface area contributed by atoms with Crippen LogP contribution in [0.3, 0.4) is 0 Å². The Labute approximate surface area is 176 Å². The first kappa shape index (κ1) is 19.6. The lowest BCUT2D eigenvalue weighted by Crippen LogP contribution is -2.53. The van der Waals surface area contributed by atoms with E-state index in [1.54, 1.807) is 5.57 Å². The molecule has 0 bridgehead atoms. The second-order valence-electron chi connectivity index (χ2n) is 11.3. The van der Waals surface area contributed by atoms with Crippen LogP contribution in [0.1, 0.15) is 79.1 Å². The summed E-state index contributed by atoms with van der Waals surface area (Å²) in [4.78, 5) is 12.0. The predicted molar refractivity (Wildman–Crippen MR) is 117 cm³/mol. The summed E-state index contributed by atoms with van der Waals surface area (Å²) in [5.41, 5.74) is 3.49. The van der Waals surface area contributed by atoms with Gasteiger partial charge in [-0.1, -0.05) is 32.4 Å². The molecule has 3 fully saturated rings. The Morgan fingerprint density at radius 3 is 2.79 bits per heavy atom. The number of hydrogen-bond donors (Lipinski definition) is 0. The molecule has 4 aliphatic carbocycles. The first-order valence-corrected chi connectivity index (χ1v) is 12.1. The van der Waals surface area contributed by atoms with Crippen molar-refractivity contribution >= 4 is 5.78 Å². The van der Waals surface area contributed by atoms with Crippen molar-refractivity contribution in [1.82, 2.24) is 0 Å². The topological polar surface area (TPSA) is 26.3 Å². The highest BCUT2D eigenvalue weighted by Gasteiger charge is 2.62. The highest BCUT2D eigenvalue weighted by Crippen LogP contribution is 2.68. The molecule has 2 heteroatoms. The van der Waals surface area contributed by atoms with E-state index in [0.29, 0.717) is 11.3 Å². The van der Waals surface area contributed by atoms with Gasteiger partial charge in [-0.25, -0.2) is 0 Å². The van der Waals surface area contributed by atoms with Gasteiger partial charge in [0.05, 0.1) is 12.4 Å². The van der Waals surface area contributed by atoms with Gasteiger partial charge in [0, 0.05) is 17.3 Å². The summed E-state index contributed by atoms with van der Waals surface area (Å²) in [5, 5.41) is 0. The van der Waals surface area contributed by atoms with Crippen LogP contribution in [0.4, 0.5) is 0 Å². The summed E-state index contributed by atoms with van der Waals surface area (Å²) >= 11 is 0. The van der Waals surface area contributed by atoms with Crippen LogP contribution in [0.15, 0.2) is 35.1 Å². The minimum absolute atomic E-state index is 0.110. The van der Waals surface area contributed by atoms with E-state index in [4.69, 9.17) is 4.74 Å². The summed E-state index contributed by atoms with van der Waals surface area (Å²) in [7, 11) is 0. The molecule has 158 valence electrons. The van der Waals surface area contributed by atoms with Gasteiger partial charge in [-0.05, 0) is 99.2 Å². The average Bonchev–Trinajstić information content (AvgIpc) is 3.08. The van der Waals surface area contributed by atoms with Gasteiger partial charge in [0.25, 0.3) is 0 Å². The normalized spacial score (nSPS) is 43.3. The van der Waals surface area contributed by atoms with Crippen LogP contribution in [0.25, 0.3) is 0 Å². The van der Waals surface area contributed by atoms with Crippen LogP contribution in [-0.4, -0.2) is 12.4 Å². The molecular weight excluding hydrogens is 356 g/mol. The van der Waals surface area contributed by atoms with E-state index < -0.39 is 0 Å². The zero-order chi connectivity index (χ0) is 20.4. The third-order valence-corrected chi connectivity index (χ3v) is 9.70. The molecular formula is C27H38O2. The van der Waals surface area contributed by atoms with E-state index in [9.17, 15) is 4.79 Å². The highest BCUT2D eigenvalue weighted by atomic mass is 16.5. The Bertz CT molecular complexity index is 799. The molecule has 0 aromatic rings. The maximum Gasteiger partial charge on any atom is 0.178 e. The maximum atomic E-state index is 12.0. The quantitative estimate of drug-likeness (QED) is 0.537. The monoisotopic (exact) mass is 394 g/mol. The minimum atomic E-state index is 0.110. The molecule has 6 atom stereocenters. The molecule has 3 saturated carbocycles. The molecule has 0 saturated heterocycles. The van der Waals surface area contributed by atoms with E-state index in [-0.39, 0.29) is 11.2 Å².